The van der Waals surface area contributed by atoms with E-state index in [2.05, 4.69) is 0 Å². The highest BCUT2D eigenvalue weighted by Gasteiger charge is 2.23. The van der Waals surface area contributed by atoms with E-state index in [1.807, 2.05) is 5.32 Å². The molecule has 0 aliphatic heterocycles. The highest BCUT2D eigenvalue weighted by molar-refractivity contribution is 7.99. The Morgan fingerprint density at radius 2 is 1.65 bits per heavy atom. The first-order valence-corrected chi connectivity index (χ1v) is 8.17. The summed E-state index contributed by atoms with van der Waals surface area (Å²) in [5.74, 6) is -6.70. The summed E-state index contributed by atoms with van der Waals surface area (Å²) in [5.41, 5.74) is -0.816. The van der Waals surface area contributed by atoms with Gasteiger partial charge >= 0.3 is 5.97 Å². The van der Waals surface area contributed by atoms with Gasteiger partial charge in [-0.1, -0.05) is 30.0 Å². The second-order valence-electron chi connectivity index (χ2n) is 5.01. The highest BCUT2D eigenvalue weighted by Crippen LogP contribution is 2.29. The number of rotatable bonds is 6. The zero-order chi connectivity index (χ0) is 19.3. The molecule has 2 aromatic carbocycles. The first kappa shape index (κ1) is 19.8. The van der Waals surface area contributed by atoms with Crippen molar-refractivity contribution >= 4 is 29.3 Å². The van der Waals surface area contributed by atoms with Gasteiger partial charge in [0.2, 0.25) is 0 Å². The van der Waals surface area contributed by atoms with Crippen molar-refractivity contribution in [3.8, 4) is 0 Å². The lowest BCUT2D eigenvalue weighted by Crippen LogP contribution is -2.30. The number of thioether (sulfide) groups is 1. The molecule has 1 N–H and O–H groups in total. The smallest absolute Gasteiger partial charge is 0.340 e. The van der Waals surface area contributed by atoms with Crippen molar-refractivity contribution in [3.05, 3.63) is 59.7 Å². The average molecular weight is 387 g/mol. The van der Waals surface area contributed by atoms with Crippen LogP contribution >= 0.6 is 11.8 Å². The average Bonchev–Trinajstić information content (AvgIpc) is 2.58. The van der Waals surface area contributed by atoms with E-state index in [-0.39, 0.29) is 22.2 Å². The standard InChI is InChI=1S/C17H13F4NO3S/c1-9(15(23)22-14-11(18)6-4-7-12(14)19)25-16(24)10-5-2-3-8-13(10)26-17(20)21/h2-9,17H,1H3,(H,22,23)/t9-/m1/s1. The Labute approximate surface area is 150 Å². The maximum Gasteiger partial charge on any atom is 0.340 e. The molecule has 0 radical (unpaired) electrons. The van der Waals surface area contributed by atoms with Gasteiger partial charge in [-0.2, -0.15) is 8.78 Å². The van der Waals surface area contributed by atoms with Crippen molar-refractivity contribution in [3.63, 3.8) is 0 Å². The molecule has 0 bridgehead atoms. The molecule has 0 heterocycles. The van der Waals surface area contributed by atoms with E-state index >= 15 is 0 Å². The summed E-state index contributed by atoms with van der Waals surface area (Å²) >= 11 is 0.162. The molecule has 0 fully saturated rings. The van der Waals surface area contributed by atoms with Crippen LogP contribution in [0.4, 0.5) is 23.2 Å². The molecule has 0 unspecified atom stereocenters. The van der Waals surface area contributed by atoms with E-state index in [9.17, 15) is 27.2 Å². The van der Waals surface area contributed by atoms with Gasteiger partial charge in [0.25, 0.3) is 11.7 Å². The lowest BCUT2D eigenvalue weighted by atomic mass is 10.2. The number of carbonyl (C=O) groups is 2. The second kappa shape index (κ2) is 8.70. The zero-order valence-electron chi connectivity index (χ0n) is 13.3. The predicted octanol–water partition coefficient (Wildman–Crippen LogP) is 4.46. The van der Waals surface area contributed by atoms with Gasteiger partial charge in [-0.15, -0.1) is 0 Å². The fraction of sp³-hybridized carbons (Fsp3) is 0.176. The van der Waals surface area contributed by atoms with E-state index in [1.165, 1.54) is 31.2 Å². The summed E-state index contributed by atoms with van der Waals surface area (Å²) in [5, 5.41) is 1.99. The lowest BCUT2D eigenvalue weighted by Gasteiger charge is -2.15. The number of carbonyl (C=O) groups excluding carboxylic acids is 2. The maximum atomic E-state index is 13.5. The summed E-state index contributed by atoms with van der Waals surface area (Å²) in [6.45, 7) is 1.19. The van der Waals surface area contributed by atoms with Crippen LogP contribution in [0.1, 0.15) is 17.3 Å². The number of benzene rings is 2. The summed E-state index contributed by atoms with van der Waals surface area (Å²) in [7, 11) is 0. The Kier molecular flexibility index (Phi) is 6.62. The van der Waals surface area contributed by atoms with Crippen LogP contribution < -0.4 is 5.32 Å². The third-order valence-electron chi connectivity index (χ3n) is 3.19. The predicted molar refractivity (Wildman–Crippen MR) is 88.2 cm³/mol. The third-order valence-corrected chi connectivity index (χ3v) is 3.98. The van der Waals surface area contributed by atoms with Gasteiger partial charge < -0.3 is 10.1 Å². The molecule has 0 aliphatic carbocycles. The fourth-order valence-electron chi connectivity index (χ4n) is 1.95. The number of esters is 1. The van der Waals surface area contributed by atoms with Crippen molar-refractivity contribution in [1.29, 1.82) is 0 Å². The Hall–Kier alpha value is -2.55. The van der Waals surface area contributed by atoms with Gasteiger partial charge in [0.1, 0.15) is 17.3 Å². The van der Waals surface area contributed by atoms with Crippen LogP contribution in [0.5, 0.6) is 0 Å². The van der Waals surface area contributed by atoms with Gasteiger partial charge in [0.05, 0.1) is 5.56 Å². The Balaban J connectivity index is 2.08. The normalized spacial score (nSPS) is 11.9. The van der Waals surface area contributed by atoms with Crippen LogP contribution in [0, 0.1) is 11.6 Å². The van der Waals surface area contributed by atoms with E-state index in [1.54, 1.807) is 0 Å². The van der Waals surface area contributed by atoms with E-state index in [0.29, 0.717) is 0 Å². The first-order chi connectivity index (χ1) is 12.3. The van der Waals surface area contributed by atoms with Crippen molar-refractivity contribution < 1.29 is 31.9 Å². The zero-order valence-corrected chi connectivity index (χ0v) is 14.2. The molecule has 1 amide bonds. The minimum Gasteiger partial charge on any atom is -0.449 e. The molecule has 26 heavy (non-hydrogen) atoms. The molecule has 138 valence electrons. The van der Waals surface area contributed by atoms with Crippen LogP contribution in [0.2, 0.25) is 0 Å². The van der Waals surface area contributed by atoms with Crippen molar-refractivity contribution in [2.75, 3.05) is 5.32 Å². The van der Waals surface area contributed by atoms with Crippen molar-refractivity contribution in [1.82, 2.24) is 0 Å². The lowest BCUT2D eigenvalue weighted by molar-refractivity contribution is -0.123. The van der Waals surface area contributed by atoms with Crippen LogP contribution in [0.3, 0.4) is 0 Å². The summed E-state index contributed by atoms with van der Waals surface area (Å²) < 4.78 is 57.1. The van der Waals surface area contributed by atoms with Gasteiger partial charge in [0, 0.05) is 4.90 Å². The SMILES string of the molecule is C[C@@H](OC(=O)c1ccccc1SC(F)F)C(=O)Nc1c(F)cccc1F. The molecule has 4 nitrogen and oxygen atoms in total. The van der Waals surface area contributed by atoms with Gasteiger partial charge in [-0.25, -0.2) is 13.6 Å². The fourth-order valence-corrected chi connectivity index (χ4v) is 2.58. The number of ether oxygens (including phenoxy) is 1. The Morgan fingerprint density at radius 3 is 2.27 bits per heavy atom. The third kappa shape index (κ3) is 4.98. The van der Waals surface area contributed by atoms with E-state index in [0.717, 1.165) is 18.2 Å². The van der Waals surface area contributed by atoms with E-state index in [4.69, 9.17) is 4.74 Å². The first-order valence-electron chi connectivity index (χ1n) is 7.29. The summed E-state index contributed by atoms with van der Waals surface area (Å²) in [6.07, 6.45) is -1.41. The minimum atomic E-state index is -2.74. The molecule has 0 saturated heterocycles. The molecular formula is C17H13F4NO3S. The van der Waals surface area contributed by atoms with Crippen molar-refractivity contribution in [2.24, 2.45) is 0 Å². The Bertz CT molecular complexity index is 796. The Morgan fingerprint density at radius 1 is 1.04 bits per heavy atom. The van der Waals surface area contributed by atoms with Gasteiger partial charge in [0.15, 0.2) is 6.10 Å². The molecule has 9 heteroatoms. The quantitative estimate of drug-likeness (QED) is 0.452. The number of anilines is 1. The maximum absolute atomic E-state index is 13.5. The largest absolute Gasteiger partial charge is 0.449 e. The summed E-state index contributed by atoms with van der Waals surface area (Å²) in [4.78, 5) is 24.1. The molecule has 0 aliphatic rings. The van der Waals surface area contributed by atoms with E-state index < -0.39 is 41.1 Å². The number of halogens is 4. The molecule has 0 saturated carbocycles. The highest BCUT2D eigenvalue weighted by atomic mass is 32.2. The van der Waals surface area contributed by atoms with Crippen LogP contribution in [-0.4, -0.2) is 23.7 Å². The van der Waals surface area contributed by atoms with Crippen LogP contribution in [0.15, 0.2) is 47.4 Å². The van der Waals surface area contributed by atoms with Gasteiger partial charge in [-0.05, 0) is 31.2 Å². The number of amides is 1. The molecule has 0 aromatic heterocycles. The second-order valence-corrected chi connectivity index (χ2v) is 6.04. The molecule has 1 atom stereocenters. The molecular weight excluding hydrogens is 374 g/mol. The number of para-hydroxylation sites is 1. The monoisotopic (exact) mass is 387 g/mol. The molecule has 2 rings (SSSR count). The number of hydrogen-bond acceptors (Lipinski definition) is 4. The summed E-state index contributed by atoms with van der Waals surface area (Å²) in [6, 6.07) is 8.53. The van der Waals surface area contributed by atoms with Crippen LogP contribution in [-0.2, 0) is 9.53 Å². The molecule has 0 spiro atoms. The number of hydrogen-bond donors (Lipinski definition) is 1. The molecule has 2 aromatic rings. The minimum absolute atomic E-state index is 0.0137. The number of alkyl halides is 2. The topological polar surface area (TPSA) is 55.4 Å². The van der Waals surface area contributed by atoms with Crippen LogP contribution in [0.25, 0.3) is 0 Å². The number of nitrogens with one attached hydrogen (secondary N) is 1. The van der Waals surface area contributed by atoms with Gasteiger partial charge in [-0.3, -0.25) is 4.79 Å². The van der Waals surface area contributed by atoms with Crippen molar-refractivity contribution in [2.45, 2.75) is 23.7 Å².